The average molecular weight is 483 g/mol. The highest BCUT2D eigenvalue weighted by molar-refractivity contribution is 5.86. The predicted molar refractivity (Wildman–Crippen MR) is 121 cm³/mol. The second-order valence-electron chi connectivity index (χ2n) is 7.44. The molecule has 0 saturated carbocycles. The van der Waals surface area contributed by atoms with Gasteiger partial charge in [0.15, 0.2) is 0 Å². The van der Waals surface area contributed by atoms with Crippen molar-refractivity contribution in [2.45, 2.75) is 39.7 Å². The van der Waals surface area contributed by atoms with E-state index < -0.39 is 48.7 Å². The molecule has 1 unspecified atom stereocenters. The Kier molecular flexibility index (Phi) is 22.4. The molecule has 0 spiro atoms. The van der Waals surface area contributed by atoms with Gasteiger partial charge < -0.3 is 45.2 Å². The zero-order valence-corrected chi connectivity index (χ0v) is 19.9. The van der Waals surface area contributed by atoms with E-state index in [1.807, 2.05) is 6.92 Å². The van der Waals surface area contributed by atoms with Crippen molar-refractivity contribution in [3.05, 3.63) is 24.8 Å². The summed E-state index contributed by atoms with van der Waals surface area (Å²) in [7, 11) is 0. The van der Waals surface area contributed by atoms with E-state index in [0.717, 1.165) is 0 Å². The Labute approximate surface area is 195 Å². The summed E-state index contributed by atoms with van der Waals surface area (Å²) in [5.41, 5.74) is -1.56. The van der Waals surface area contributed by atoms with Gasteiger partial charge in [-0.3, -0.25) is 4.79 Å². The van der Waals surface area contributed by atoms with Gasteiger partial charge in [-0.05, 0) is 19.8 Å². The molecule has 0 aromatic carbocycles. The van der Waals surface area contributed by atoms with Crippen LogP contribution in [-0.4, -0.2) is 107 Å². The normalized spacial score (nSPS) is 11.8. The molecule has 0 radical (unpaired) electrons. The fourth-order valence-electron chi connectivity index (χ4n) is 1.73. The third-order valence-electron chi connectivity index (χ3n) is 4.77. The molecule has 0 rings (SSSR count). The number of rotatable bonds is 15. The van der Waals surface area contributed by atoms with E-state index >= 15 is 0 Å². The van der Waals surface area contributed by atoms with Gasteiger partial charge >= 0.3 is 11.9 Å². The van der Waals surface area contributed by atoms with Crippen LogP contribution in [0, 0.1) is 10.8 Å². The molecule has 0 saturated heterocycles. The summed E-state index contributed by atoms with van der Waals surface area (Å²) in [5, 5.41) is 60.8. The molecule has 196 valence electrons. The molecule has 0 aromatic rings. The van der Waals surface area contributed by atoms with Crippen molar-refractivity contribution in [3.63, 3.8) is 0 Å². The van der Waals surface area contributed by atoms with Crippen LogP contribution in [0.1, 0.15) is 33.6 Å². The highest BCUT2D eigenvalue weighted by atomic mass is 16.5. The number of esters is 1. The Morgan fingerprint density at radius 3 is 1.76 bits per heavy atom. The summed E-state index contributed by atoms with van der Waals surface area (Å²) < 4.78 is 9.69. The summed E-state index contributed by atoms with van der Waals surface area (Å²) in [6, 6.07) is 0. The standard InChI is InChI=1S/C9H18O3.C7H12O4.C6H12O4/c1-3-5-12-8-9(4-2,6-10)7-11;1-5(2)7(10)11-4-6(9)3-8;1-2-6(3-7,4-8)5(9)10/h3,10-11H,1,4-8H2,2H3;6,8-9H,1,3-4H2,2H3;7-8H,2-4H2,1H3,(H,9,10). The number of aliphatic hydroxyl groups excluding tert-OH is 6. The zero-order valence-electron chi connectivity index (χ0n) is 19.9. The number of hydrogen-bond donors (Lipinski definition) is 7. The molecule has 1 atom stereocenters. The second-order valence-corrected chi connectivity index (χ2v) is 7.44. The SMILES string of the molecule is C=C(C)C(=O)OCC(O)CO.C=CCOCC(CC)(CO)CO.CCC(CO)(CO)C(=O)O. The maximum Gasteiger partial charge on any atom is 0.333 e. The number of carbonyl (C=O) groups excluding carboxylic acids is 1. The molecule has 11 heteroatoms. The molecule has 0 amide bonds. The van der Waals surface area contributed by atoms with Crippen molar-refractivity contribution in [2.75, 3.05) is 52.9 Å². The van der Waals surface area contributed by atoms with Crippen LogP contribution < -0.4 is 0 Å². The first-order valence-electron chi connectivity index (χ1n) is 10.4. The van der Waals surface area contributed by atoms with Crippen LogP contribution >= 0.6 is 0 Å². The average Bonchev–Trinajstić information content (AvgIpc) is 2.82. The number of carboxylic acid groups (broad SMARTS) is 1. The quantitative estimate of drug-likeness (QED) is 0.0687. The summed E-state index contributed by atoms with van der Waals surface area (Å²) in [6.45, 7) is 11.0. The Hall–Kier alpha value is -1.86. The first-order valence-corrected chi connectivity index (χ1v) is 10.4. The first kappa shape index (κ1) is 35.7. The minimum absolute atomic E-state index is 0.0445. The summed E-state index contributed by atoms with van der Waals surface area (Å²) >= 11 is 0. The Balaban J connectivity index is -0.000000411. The number of carboxylic acids is 1. The van der Waals surface area contributed by atoms with Gasteiger partial charge in [-0.15, -0.1) is 6.58 Å². The third-order valence-corrected chi connectivity index (χ3v) is 4.77. The van der Waals surface area contributed by atoms with Gasteiger partial charge in [-0.1, -0.05) is 26.5 Å². The monoisotopic (exact) mass is 482 g/mol. The maximum atomic E-state index is 10.6. The van der Waals surface area contributed by atoms with E-state index in [1.165, 1.54) is 6.92 Å². The molecule has 0 aromatic heterocycles. The van der Waals surface area contributed by atoms with E-state index in [0.29, 0.717) is 19.6 Å². The molecule has 0 bridgehead atoms. The van der Waals surface area contributed by atoms with Gasteiger partial charge in [0.2, 0.25) is 0 Å². The smallest absolute Gasteiger partial charge is 0.333 e. The lowest BCUT2D eigenvalue weighted by Crippen LogP contribution is -2.37. The molecule has 11 nitrogen and oxygen atoms in total. The van der Waals surface area contributed by atoms with Crippen LogP contribution in [0.25, 0.3) is 0 Å². The van der Waals surface area contributed by atoms with E-state index in [9.17, 15) is 9.59 Å². The van der Waals surface area contributed by atoms with Crippen molar-refractivity contribution < 1.29 is 54.8 Å². The molecule has 7 N–H and O–H groups in total. The third kappa shape index (κ3) is 15.6. The lowest BCUT2D eigenvalue weighted by Gasteiger charge is -2.27. The van der Waals surface area contributed by atoms with Gasteiger partial charge in [0.05, 0.1) is 46.2 Å². The topological polar surface area (TPSA) is 194 Å². The van der Waals surface area contributed by atoms with Crippen molar-refractivity contribution in [1.82, 2.24) is 0 Å². The molecule has 0 aliphatic heterocycles. The number of ether oxygens (including phenoxy) is 2. The van der Waals surface area contributed by atoms with E-state index in [1.54, 1.807) is 13.0 Å². The molecule has 33 heavy (non-hydrogen) atoms. The van der Waals surface area contributed by atoms with Crippen LogP contribution in [0.4, 0.5) is 0 Å². The van der Waals surface area contributed by atoms with Crippen LogP contribution in [0.5, 0.6) is 0 Å². The Bertz CT molecular complexity index is 524. The zero-order chi connectivity index (χ0) is 26.5. The van der Waals surface area contributed by atoms with Crippen LogP contribution in [-0.2, 0) is 19.1 Å². The van der Waals surface area contributed by atoms with E-state index in [4.69, 9.17) is 40.5 Å². The number of aliphatic carboxylic acids is 1. The molecule has 0 aliphatic carbocycles. The summed E-state index contributed by atoms with van der Waals surface area (Å²) in [6.07, 6.45) is 1.58. The minimum Gasteiger partial charge on any atom is -0.481 e. The van der Waals surface area contributed by atoms with Crippen molar-refractivity contribution in [2.24, 2.45) is 10.8 Å². The van der Waals surface area contributed by atoms with E-state index in [-0.39, 0.29) is 31.8 Å². The summed E-state index contributed by atoms with van der Waals surface area (Å²) in [4.78, 5) is 21.0. The maximum absolute atomic E-state index is 10.6. The lowest BCUT2D eigenvalue weighted by molar-refractivity contribution is -0.154. The van der Waals surface area contributed by atoms with Gasteiger partial charge in [0, 0.05) is 11.0 Å². The number of carbonyl (C=O) groups is 2. The second kappa shape index (κ2) is 20.7. The Morgan fingerprint density at radius 1 is 1.00 bits per heavy atom. The highest BCUT2D eigenvalue weighted by Crippen LogP contribution is 2.20. The molecule has 0 heterocycles. The van der Waals surface area contributed by atoms with Gasteiger partial charge in [0.1, 0.15) is 18.1 Å². The summed E-state index contributed by atoms with van der Waals surface area (Å²) in [5.74, 6) is -1.71. The van der Waals surface area contributed by atoms with Gasteiger partial charge in [-0.2, -0.15) is 0 Å². The predicted octanol–water partition coefficient (Wildman–Crippen LogP) is -0.519. The van der Waals surface area contributed by atoms with Crippen LogP contribution in [0.2, 0.25) is 0 Å². The van der Waals surface area contributed by atoms with Crippen molar-refractivity contribution >= 4 is 11.9 Å². The number of aliphatic hydroxyl groups is 6. The lowest BCUT2D eigenvalue weighted by atomic mass is 9.87. The van der Waals surface area contributed by atoms with Gasteiger partial charge in [-0.25, -0.2) is 4.79 Å². The largest absolute Gasteiger partial charge is 0.481 e. The van der Waals surface area contributed by atoms with Gasteiger partial charge in [0.25, 0.3) is 0 Å². The molecular weight excluding hydrogens is 440 g/mol. The van der Waals surface area contributed by atoms with Crippen molar-refractivity contribution in [3.8, 4) is 0 Å². The fraction of sp³-hybridized carbons (Fsp3) is 0.727. The molecular formula is C22H42O11. The van der Waals surface area contributed by atoms with Crippen LogP contribution in [0.3, 0.4) is 0 Å². The Morgan fingerprint density at radius 2 is 1.52 bits per heavy atom. The molecule has 0 fully saturated rings. The van der Waals surface area contributed by atoms with Crippen molar-refractivity contribution in [1.29, 1.82) is 0 Å². The van der Waals surface area contributed by atoms with Crippen LogP contribution in [0.15, 0.2) is 24.8 Å². The fourth-order valence-corrected chi connectivity index (χ4v) is 1.73. The molecule has 0 aliphatic rings. The minimum atomic E-state index is -1.35. The number of hydrogen-bond acceptors (Lipinski definition) is 10. The highest BCUT2D eigenvalue weighted by Gasteiger charge is 2.35. The first-order chi connectivity index (χ1) is 15.4. The van der Waals surface area contributed by atoms with E-state index in [2.05, 4.69) is 17.9 Å².